The highest BCUT2D eigenvalue weighted by molar-refractivity contribution is 5.93. The van der Waals surface area contributed by atoms with E-state index in [0.29, 0.717) is 0 Å². The molecule has 0 bridgehead atoms. The first-order chi connectivity index (χ1) is 14.7. The second-order valence-corrected chi connectivity index (χ2v) is 6.75. The van der Waals surface area contributed by atoms with Crippen molar-refractivity contribution in [3.8, 4) is 5.69 Å². The number of alkyl halides is 3. The molecule has 1 amide bonds. The van der Waals surface area contributed by atoms with E-state index in [9.17, 15) is 27.6 Å². The Morgan fingerprint density at radius 2 is 1.58 bits per heavy atom. The maximum atomic E-state index is 13.8. The number of hydrogen-bond donors (Lipinski definition) is 3. The lowest BCUT2D eigenvalue weighted by atomic mass is 10.1. The van der Waals surface area contributed by atoms with E-state index in [0.717, 1.165) is 22.3 Å². The second-order valence-electron chi connectivity index (χ2n) is 6.75. The summed E-state index contributed by atoms with van der Waals surface area (Å²) in [6.07, 6.45) is -3.46. The Morgan fingerprint density at radius 3 is 2.23 bits per heavy atom. The van der Waals surface area contributed by atoms with Crippen LogP contribution >= 0.6 is 0 Å². The third kappa shape index (κ3) is 4.00. The van der Waals surface area contributed by atoms with E-state index in [2.05, 4.69) is 15.3 Å². The highest BCUT2D eigenvalue weighted by Gasteiger charge is 2.35. The lowest BCUT2D eigenvalue weighted by Crippen LogP contribution is -2.29. The number of carbonyl (C=O) groups is 1. The van der Waals surface area contributed by atoms with E-state index in [1.165, 1.54) is 18.3 Å². The zero-order valence-electron chi connectivity index (χ0n) is 15.8. The average molecular weight is 428 g/mol. The van der Waals surface area contributed by atoms with E-state index < -0.39 is 28.8 Å². The van der Waals surface area contributed by atoms with E-state index >= 15 is 0 Å². The Hall–Kier alpha value is -4.08. The van der Waals surface area contributed by atoms with Crippen LogP contribution in [-0.4, -0.2) is 20.4 Å². The van der Waals surface area contributed by atoms with Crippen molar-refractivity contribution in [1.82, 2.24) is 19.9 Å². The standard InChI is InChI=1S/C21H15F3N4O3/c22-21(23,24)13-9-14-15(27-20(31)19(30)26-14)10-17(13)28-8-4-7-16(28)18(29)25-11-12-5-2-1-3-6-12/h1-10H,11H2,(H,25,29)(H,26,30)(H,27,31). The summed E-state index contributed by atoms with van der Waals surface area (Å²) in [5.74, 6) is -0.572. The fourth-order valence-electron chi connectivity index (χ4n) is 3.22. The number of rotatable bonds is 4. The molecule has 0 fully saturated rings. The molecule has 0 radical (unpaired) electrons. The molecule has 31 heavy (non-hydrogen) atoms. The minimum atomic E-state index is -4.78. The summed E-state index contributed by atoms with van der Waals surface area (Å²) in [4.78, 5) is 40.2. The van der Waals surface area contributed by atoms with Crippen LogP contribution in [0.4, 0.5) is 13.2 Å². The van der Waals surface area contributed by atoms with Gasteiger partial charge >= 0.3 is 17.3 Å². The molecular formula is C21H15F3N4O3. The SMILES string of the molecule is O=C(NCc1ccccc1)c1cccn1-c1cc2[nH]c(=O)c(=O)[nH]c2cc1C(F)(F)F. The van der Waals surface area contributed by atoms with Crippen LogP contribution in [0.2, 0.25) is 0 Å². The van der Waals surface area contributed by atoms with Gasteiger partial charge < -0.3 is 19.9 Å². The van der Waals surface area contributed by atoms with Gasteiger partial charge in [-0.25, -0.2) is 0 Å². The molecule has 2 aromatic heterocycles. The normalized spacial score (nSPS) is 11.6. The predicted molar refractivity (Wildman–Crippen MR) is 107 cm³/mol. The van der Waals surface area contributed by atoms with Crippen LogP contribution in [-0.2, 0) is 12.7 Å². The summed E-state index contributed by atoms with van der Waals surface area (Å²) in [6, 6.07) is 13.7. The number of carbonyl (C=O) groups excluding carboxylic acids is 1. The molecule has 7 nitrogen and oxygen atoms in total. The van der Waals surface area contributed by atoms with Gasteiger partial charge in [-0.05, 0) is 29.8 Å². The van der Waals surface area contributed by atoms with E-state index in [-0.39, 0.29) is 29.0 Å². The molecule has 0 saturated heterocycles. The number of hydrogen-bond acceptors (Lipinski definition) is 3. The summed E-state index contributed by atoms with van der Waals surface area (Å²) in [5.41, 5.74) is -2.86. The Kier molecular flexibility index (Phi) is 4.97. The molecule has 3 N–H and O–H groups in total. The van der Waals surface area contributed by atoms with Gasteiger partial charge in [0.05, 0.1) is 22.3 Å². The first-order valence-corrected chi connectivity index (χ1v) is 9.11. The van der Waals surface area contributed by atoms with Gasteiger partial charge in [0.1, 0.15) is 5.69 Å². The van der Waals surface area contributed by atoms with Gasteiger partial charge in [0.15, 0.2) is 0 Å². The number of aromatic nitrogens is 3. The second kappa shape index (κ2) is 7.63. The molecule has 4 rings (SSSR count). The lowest BCUT2D eigenvalue weighted by Gasteiger charge is -2.17. The quantitative estimate of drug-likeness (QED) is 0.436. The number of nitrogens with one attached hydrogen (secondary N) is 3. The largest absolute Gasteiger partial charge is 0.418 e. The summed E-state index contributed by atoms with van der Waals surface area (Å²) < 4.78 is 42.4. The smallest absolute Gasteiger partial charge is 0.347 e. The highest BCUT2D eigenvalue weighted by atomic mass is 19.4. The van der Waals surface area contributed by atoms with Crippen LogP contribution in [0.15, 0.2) is 70.4 Å². The van der Waals surface area contributed by atoms with Gasteiger partial charge in [-0.2, -0.15) is 13.2 Å². The molecule has 0 spiro atoms. The lowest BCUT2D eigenvalue weighted by molar-refractivity contribution is -0.137. The molecule has 0 aliphatic rings. The van der Waals surface area contributed by atoms with Crippen molar-refractivity contribution in [2.45, 2.75) is 12.7 Å². The molecule has 10 heteroatoms. The van der Waals surface area contributed by atoms with Crippen LogP contribution in [0.1, 0.15) is 21.6 Å². The van der Waals surface area contributed by atoms with E-state index in [1.54, 1.807) is 12.1 Å². The third-order valence-electron chi connectivity index (χ3n) is 4.68. The summed E-state index contributed by atoms with van der Waals surface area (Å²) >= 11 is 0. The maximum absolute atomic E-state index is 13.8. The fourth-order valence-corrected chi connectivity index (χ4v) is 3.22. The Labute approximate surface area is 172 Å². The predicted octanol–water partition coefficient (Wildman–Crippen LogP) is 2.96. The average Bonchev–Trinajstić information content (AvgIpc) is 3.22. The van der Waals surface area contributed by atoms with E-state index in [4.69, 9.17) is 0 Å². The summed E-state index contributed by atoms with van der Waals surface area (Å²) in [7, 11) is 0. The summed E-state index contributed by atoms with van der Waals surface area (Å²) in [5, 5.41) is 2.68. The molecule has 2 aromatic carbocycles. The molecule has 2 heterocycles. The third-order valence-corrected chi connectivity index (χ3v) is 4.68. The first kappa shape index (κ1) is 20.2. The minimum Gasteiger partial charge on any atom is -0.347 e. The van der Waals surface area contributed by atoms with Crippen LogP contribution < -0.4 is 16.4 Å². The van der Waals surface area contributed by atoms with Gasteiger partial charge in [0.25, 0.3) is 5.91 Å². The molecular weight excluding hydrogens is 413 g/mol. The van der Waals surface area contributed by atoms with Crippen LogP contribution in [0.25, 0.3) is 16.7 Å². The van der Waals surface area contributed by atoms with Crippen LogP contribution in [0.5, 0.6) is 0 Å². The zero-order chi connectivity index (χ0) is 22.2. The molecule has 4 aromatic rings. The van der Waals surface area contributed by atoms with Crippen molar-refractivity contribution in [2.75, 3.05) is 0 Å². The molecule has 0 saturated carbocycles. The molecule has 0 unspecified atom stereocenters. The van der Waals surface area contributed by atoms with Gasteiger partial charge in [-0.3, -0.25) is 14.4 Å². The van der Waals surface area contributed by atoms with E-state index in [1.807, 2.05) is 18.2 Å². The first-order valence-electron chi connectivity index (χ1n) is 9.11. The Balaban J connectivity index is 1.79. The molecule has 158 valence electrons. The number of halogens is 3. The van der Waals surface area contributed by atoms with Crippen molar-refractivity contribution in [3.05, 3.63) is 98.3 Å². The number of H-pyrrole nitrogens is 2. The number of benzene rings is 2. The van der Waals surface area contributed by atoms with Crippen LogP contribution in [0, 0.1) is 0 Å². The van der Waals surface area contributed by atoms with Gasteiger partial charge in [0, 0.05) is 12.7 Å². The highest BCUT2D eigenvalue weighted by Crippen LogP contribution is 2.36. The van der Waals surface area contributed by atoms with Crippen LogP contribution in [0.3, 0.4) is 0 Å². The van der Waals surface area contributed by atoms with Gasteiger partial charge in [-0.15, -0.1) is 0 Å². The summed E-state index contributed by atoms with van der Waals surface area (Å²) in [6.45, 7) is 0.198. The zero-order valence-corrected chi connectivity index (χ0v) is 15.8. The number of nitrogens with zero attached hydrogens (tertiary/aromatic N) is 1. The van der Waals surface area contributed by atoms with Crippen molar-refractivity contribution in [2.24, 2.45) is 0 Å². The maximum Gasteiger partial charge on any atom is 0.418 e. The minimum absolute atomic E-state index is 0.00283. The number of amides is 1. The Bertz CT molecular complexity index is 1390. The molecule has 0 aliphatic heterocycles. The van der Waals surface area contributed by atoms with Crippen molar-refractivity contribution < 1.29 is 18.0 Å². The topological polar surface area (TPSA) is 99.8 Å². The molecule has 0 aliphatic carbocycles. The Morgan fingerprint density at radius 1 is 0.935 bits per heavy atom. The van der Waals surface area contributed by atoms with Crippen molar-refractivity contribution in [3.63, 3.8) is 0 Å². The molecule has 0 atom stereocenters. The van der Waals surface area contributed by atoms with Gasteiger partial charge in [0.2, 0.25) is 0 Å². The van der Waals surface area contributed by atoms with Crippen molar-refractivity contribution in [1.29, 1.82) is 0 Å². The number of aromatic amines is 2. The van der Waals surface area contributed by atoms with Crippen molar-refractivity contribution >= 4 is 16.9 Å². The monoisotopic (exact) mass is 428 g/mol. The fraction of sp³-hybridized carbons (Fsp3) is 0.0952. The van der Waals surface area contributed by atoms with Gasteiger partial charge in [-0.1, -0.05) is 30.3 Å². The number of fused-ring (bicyclic) bond motifs is 1.